The number of rotatable bonds is 3. The molecule has 0 aromatic rings. The van der Waals surface area contributed by atoms with Crippen molar-refractivity contribution in [1.82, 2.24) is 0 Å². The van der Waals surface area contributed by atoms with E-state index in [2.05, 4.69) is 19.6 Å². The van der Waals surface area contributed by atoms with E-state index in [4.69, 9.17) is 5.26 Å². The summed E-state index contributed by atoms with van der Waals surface area (Å²) in [5.41, 5.74) is 1.87. The molecule has 0 saturated heterocycles. The molecule has 0 bridgehead atoms. The molecule has 1 nitrogen and oxygen atoms in total. The van der Waals surface area contributed by atoms with Crippen molar-refractivity contribution >= 4 is 0 Å². The van der Waals surface area contributed by atoms with Crippen molar-refractivity contribution < 1.29 is 0 Å². The first-order valence-electron chi connectivity index (χ1n) is 3.64. The molecule has 0 N–H and O–H groups in total. The number of nitriles is 1. The maximum Gasteiger partial charge on any atom is 0.0991 e. The summed E-state index contributed by atoms with van der Waals surface area (Å²) in [6.07, 6.45) is 6.19. The average Bonchev–Trinajstić information content (AvgIpc) is 2.03. The van der Waals surface area contributed by atoms with Gasteiger partial charge in [0.05, 0.1) is 11.6 Å². The molecular formula is C10H13N. The molecule has 0 heterocycles. The third-order valence-corrected chi connectivity index (χ3v) is 1.39. The van der Waals surface area contributed by atoms with Crippen molar-refractivity contribution in [3.63, 3.8) is 0 Å². The molecule has 0 atom stereocenters. The first-order valence-corrected chi connectivity index (χ1v) is 3.64. The van der Waals surface area contributed by atoms with Crippen LogP contribution >= 0.6 is 0 Å². The second kappa shape index (κ2) is 5.49. The number of hydrogen-bond donors (Lipinski definition) is 0. The topological polar surface area (TPSA) is 23.8 Å². The summed E-state index contributed by atoms with van der Waals surface area (Å²) < 4.78 is 0. The van der Waals surface area contributed by atoms with Crippen molar-refractivity contribution in [2.24, 2.45) is 0 Å². The molecule has 0 saturated carbocycles. The van der Waals surface area contributed by atoms with Crippen molar-refractivity contribution in [2.75, 3.05) is 0 Å². The average molecular weight is 147 g/mol. The SMILES string of the molecule is C=C/C=C(C#N)\C=C(\C)CC. The zero-order valence-corrected chi connectivity index (χ0v) is 7.09. The van der Waals surface area contributed by atoms with Gasteiger partial charge >= 0.3 is 0 Å². The Bertz CT molecular complexity index is 226. The lowest BCUT2D eigenvalue weighted by Crippen LogP contribution is -1.75. The summed E-state index contributed by atoms with van der Waals surface area (Å²) >= 11 is 0. The second-order valence-corrected chi connectivity index (χ2v) is 2.31. The van der Waals surface area contributed by atoms with Crippen LogP contribution in [0.4, 0.5) is 0 Å². The Morgan fingerprint density at radius 1 is 1.64 bits per heavy atom. The van der Waals surface area contributed by atoms with E-state index in [0.717, 1.165) is 6.42 Å². The molecule has 1 heteroatoms. The van der Waals surface area contributed by atoms with Gasteiger partial charge in [0, 0.05) is 0 Å². The van der Waals surface area contributed by atoms with E-state index in [1.165, 1.54) is 5.57 Å². The van der Waals surface area contributed by atoms with E-state index in [1.54, 1.807) is 12.2 Å². The maximum atomic E-state index is 8.59. The van der Waals surface area contributed by atoms with Gasteiger partial charge in [-0.25, -0.2) is 0 Å². The van der Waals surface area contributed by atoms with Crippen molar-refractivity contribution in [3.05, 3.63) is 36.0 Å². The highest BCUT2D eigenvalue weighted by Crippen LogP contribution is 2.04. The van der Waals surface area contributed by atoms with Crippen LogP contribution in [0.5, 0.6) is 0 Å². The van der Waals surface area contributed by atoms with Crippen LogP contribution < -0.4 is 0 Å². The summed E-state index contributed by atoms with van der Waals surface area (Å²) in [7, 11) is 0. The molecule has 0 aliphatic rings. The minimum atomic E-state index is 0.666. The van der Waals surface area contributed by atoms with Crippen LogP contribution in [0, 0.1) is 11.3 Å². The highest BCUT2D eigenvalue weighted by molar-refractivity contribution is 5.37. The molecule has 0 amide bonds. The van der Waals surface area contributed by atoms with Crippen LogP contribution in [0.15, 0.2) is 36.0 Å². The van der Waals surface area contributed by atoms with Gasteiger partial charge in [-0.2, -0.15) is 5.26 Å². The van der Waals surface area contributed by atoms with E-state index < -0.39 is 0 Å². The molecule has 0 unspecified atom stereocenters. The molecule has 0 rings (SSSR count). The van der Waals surface area contributed by atoms with Crippen LogP contribution in [-0.4, -0.2) is 0 Å². The van der Waals surface area contributed by atoms with Gasteiger partial charge in [0.25, 0.3) is 0 Å². The van der Waals surface area contributed by atoms with Gasteiger partial charge in [0.1, 0.15) is 0 Å². The Morgan fingerprint density at radius 2 is 2.27 bits per heavy atom. The fraction of sp³-hybridized carbons (Fsp3) is 0.300. The Balaban J connectivity index is 4.45. The van der Waals surface area contributed by atoms with Gasteiger partial charge < -0.3 is 0 Å². The molecule has 0 radical (unpaired) electrons. The van der Waals surface area contributed by atoms with Crippen molar-refractivity contribution in [1.29, 1.82) is 5.26 Å². The van der Waals surface area contributed by atoms with Gasteiger partial charge in [0.2, 0.25) is 0 Å². The molecule has 0 aromatic heterocycles. The number of nitrogens with zero attached hydrogens (tertiary/aromatic N) is 1. The molecular weight excluding hydrogens is 134 g/mol. The van der Waals surface area contributed by atoms with E-state index in [0.29, 0.717) is 5.57 Å². The van der Waals surface area contributed by atoms with Gasteiger partial charge in [-0.3, -0.25) is 0 Å². The number of allylic oxidation sites excluding steroid dienone is 5. The third-order valence-electron chi connectivity index (χ3n) is 1.39. The minimum Gasteiger partial charge on any atom is -0.192 e. The first-order chi connectivity index (χ1) is 5.24. The smallest absolute Gasteiger partial charge is 0.0991 e. The number of hydrogen-bond acceptors (Lipinski definition) is 1. The normalized spacial score (nSPS) is 12.5. The Hall–Kier alpha value is -1.29. The van der Waals surface area contributed by atoms with Gasteiger partial charge in [-0.15, -0.1) is 0 Å². The summed E-state index contributed by atoms with van der Waals surface area (Å²) in [6.45, 7) is 7.60. The van der Waals surface area contributed by atoms with Gasteiger partial charge in [0.15, 0.2) is 0 Å². The van der Waals surface area contributed by atoms with Crippen LogP contribution in [0.3, 0.4) is 0 Å². The highest BCUT2D eigenvalue weighted by Gasteiger charge is 1.88. The molecule has 11 heavy (non-hydrogen) atoms. The second-order valence-electron chi connectivity index (χ2n) is 2.31. The fourth-order valence-corrected chi connectivity index (χ4v) is 0.612. The molecule has 0 aliphatic heterocycles. The zero-order chi connectivity index (χ0) is 8.69. The maximum absolute atomic E-state index is 8.59. The predicted octanol–water partition coefficient (Wildman–Crippen LogP) is 2.98. The lowest BCUT2D eigenvalue weighted by Gasteiger charge is -1.92. The molecule has 0 aliphatic carbocycles. The van der Waals surface area contributed by atoms with E-state index >= 15 is 0 Å². The third kappa shape index (κ3) is 4.16. The standard InChI is InChI=1S/C10H13N/c1-4-6-10(8-11)7-9(3)5-2/h4,6-7H,1,5H2,2-3H3/b9-7-,10-6+. The molecule has 0 spiro atoms. The predicted molar refractivity (Wildman–Crippen MR) is 47.9 cm³/mol. The van der Waals surface area contributed by atoms with E-state index in [9.17, 15) is 0 Å². The summed E-state index contributed by atoms with van der Waals surface area (Å²) in [5, 5.41) is 8.59. The van der Waals surface area contributed by atoms with Crippen LogP contribution in [-0.2, 0) is 0 Å². The molecule has 58 valence electrons. The zero-order valence-electron chi connectivity index (χ0n) is 7.09. The lowest BCUT2D eigenvalue weighted by molar-refractivity contribution is 1.10. The van der Waals surface area contributed by atoms with Crippen molar-refractivity contribution in [2.45, 2.75) is 20.3 Å². The summed E-state index contributed by atoms with van der Waals surface area (Å²) in [5.74, 6) is 0. The minimum absolute atomic E-state index is 0.666. The Labute approximate surface area is 68.3 Å². The van der Waals surface area contributed by atoms with Crippen LogP contribution in [0.25, 0.3) is 0 Å². The fourth-order valence-electron chi connectivity index (χ4n) is 0.612. The molecule has 0 fully saturated rings. The van der Waals surface area contributed by atoms with E-state index in [1.807, 2.05) is 13.0 Å². The monoisotopic (exact) mass is 147 g/mol. The first kappa shape index (κ1) is 9.71. The van der Waals surface area contributed by atoms with E-state index in [-0.39, 0.29) is 0 Å². The summed E-state index contributed by atoms with van der Waals surface area (Å²) in [4.78, 5) is 0. The van der Waals surface area contributed by atoms with Crippen molar-refractivity contribution in [3.8, 4) is 6.07 Å². The van der Waals surface area contributed by atoms with Gasteiger partial charge in [-0.1, -0.05) is 25.2 Å². The Morgan fingerprint density at radius 3 is 2.64 bits per heavy atom. The van der Waals surface area contributed by atoms with Crippen LogP contribution in [0.1, 0.15) is 20.3 Å². The molecule has 0 aromatic carbocycles. The highest BCUT2D eigenvalue weighted by atomic mass is 14.2. The van der Waals surface area contributed by atoms with Crippen LogP contribution in [0.2, 0.25) is 0 Å². The lowest BCUT2D eigenvalue weighted by atomic mass is 10.1. The van der Waals surface area contributed by atoms with Gasteiger partial charge in [-0.05, 0) is 25.5 Å². The largest absolute Gasteiger partial charge is 0.192 e. The summed E-state index contributed by atoms with van der Waals surface area (Å²) in [6, 6.07) is 2.08. The Kier molecular flexibility index (Phi) is 4.85. The quantitative estimate of drug-likeness (QED) is 0.444.